The molecule has 0 atom stereocenters. The van der Waals surface area contributed by atoms with Gasteiger partial charge in [0.1, 0.15) is 0 Å². The van der Waals surface area contributed by atoms with Crippen LogP contribution in [0.5, 0.6) is 0 Å². The van der Waals surface area contributed by atoms with Gasteiger partial charge in [0, 0.05) is 0 Å². The summed E-state index contributed by atoms with van der Waals surface area (Å²) in [5, 5.41) is 4.19. The predicted octanol–water partition coefficient (Wildman–Crippen LogP) is 4.24. The highest BCUT2D eigenvalue weighted by atomic mass is 31.1. The van der Waals surface area contributed by atoms with Gasteiger partial charge in [0.15, 0.2) is 0 Å². The number of hydrogen-bond acceptors (Lipinski definition) is 0. The molecule has 0 heterocycles. The highest BCUT2D eigenvalue weighted by Crippen LogP contribution is 2.36. The van der Waals surface area contributed by atoms with E-state index in [0.29, 0.717) is 0 Å². The molecule has 3 rings (SSSR count). The first kappa shape index (κ1) is 15.0. The Morgan fingerprint density at radius 3 is 1.45 bits per heavy atom. The lowest BCUT2D eigenvalue weighted by molar-refractivity contribution is 1.50. The fraction of sp³-hybridized carbons (Fsp3) is 0.0952. The van der Waals surface area contributed by atoms with E-state index in [1.807, 2.05) is 0 Å². The van der Waals surface area contributed by atoms with E-state index in [4.69, 9.17) is 0 Å². The first-order valence-corrected chi connectivity index (χ1v) is 8.85. The summed E-state index contributed by atoms with van der Waals surface area (Å²) in [7, 11) is -0.571. The molecule has 0 aliphatic rings. The van der Waals surface area contributed by atoms with Crippen LogP contribution in [0, 0.1) is 20.8 Å². The minimum Gasteiger partial charge on any atom is -0.0620 e. The van der Waals surface area contributed by atoms with Crippen LogP contribution in [0.3, 0.4) is 0 Å². The van der Waals surface area contributed by atoms with Crippen LogP contribution in [0.1, 0.15) is 16.7 Å². The number of hydrogen-bond donors (Lipinski definition) is 0. The summed E-state index contributed by atoms with van der Waals surface area (Å²) in [4.78, 5) is 0. The van der Waals surface area contributed by atoms with Gasteiger partial charge in [-0.3, -0.25) is 0 Å². The normalized spacial score (nSPS) is 10.9. The quantitative estimate of drug-likeness (QED) is 0.635. The zero-order valence-corrected chi connectivity index (χ0v) is 14.0. The fourth-order valence-electron chi connectivity index (χ4n) is 2.75. The molecule has 1 radical (unpaired) electrons. The van der Waals surface area contributed by atoms with Crippen molar-refractivity contribution in [3.05, 3.63) is 96.4 Å². The topological polar surface area (TPSA) is 0 Å². The largest absolute Gasteiger partial charge is 0.0620 e. The molecule has 0 spiro atoms. The lowest BCUT2D eigenvalue weighted by atomic mass is 10.2. The molecular formula is C21H20P. The molecule has 3 aromatic rings. The summed E-state index contributed by atoms with van der Waals surface area (Å²) >= 11 is 0. The summed E-state index contributed by atoms with van der Waals surface area (Å²) in [6.45, 7) is 8.67. The second-order valence-corrected chi connectivity index (χ2v) is 7.65. The maximum Gasteiger partial charge on any atom is -0.0119 e. The van der Waals surface area contributed by atoms with Gasteiger partial charge in [-0.1, -0.05) is 72.8 Å². The standard InChI is InChI=1S/C21H20P/c1-16-10-4-7-13-19(16)22(20-14-8-5-11-17(20)2)21-15-9-6-12-18(21)3/h4-15H,1H2,2-3H3. The molecule has 0 nitrogen and oxygen atoms in total. The summed E-state index contributed by atoms with van der Waals surface area (Å²) in [5.41, 5.74) is 3.82. The molecule has 0 fully saturated rings. The first-order valence-electron chi connectivity index (χ1n) is 7.51. The molecule has 1 heteroatoms. The van der Waals surface area contributed by atoms with Gasteiger partial charge < -0.3 is 0 Å². The highest BCUT2D eigenvalue weighted by Gasteiger charge is 2.20. The highest BCUT2D eigenvalue weighted by molar-refractivity contribution is 7.80. The van der Waals surface area contributed by atoms with E-state index in [-0.39, 0.29) is 0 Å². The third-order valence-electron chi connectivity index (χ3n) is 3.95. The summed E-state index contributed by atoms with van der Waals surface area (Å²) < 4.78 is 0. The monoisotopic (exact) mass is 303 g/mol. The Morgan fingerprint density at radius 1 is 0.591 bits per heavy atom. The van der Waals surface area contributed by atoms with Crippen molar-refractivity contribution >= 4 is 23.8 Å². The first-order chi connectivity index (χ1) is 10.7. The van der Waals surface area contributed by atoms with Gasteiger partial charge in [-0.2, -0.15) is 0 Å². The Hall–Kier alpha value is -1.91. The molecule has 0 saturated heterocycles. The number of benzene rings is 3. The summed E-state index contributed by atoms with van der Waals surface area (Å²) in [6.07, 6.45) is 0. The van der Waals surface area contributed by atoms with Gasteiger partial charge in [-0.25, -0.2) is 0 Å². The van der Waals surface area contributed by atoms with E-state index < -0.39 is 7.92 Å². The molecule has 0 saturated carbocycles. The van der Waals surface area contributed by atoms with Crippen molar-refractivity contribution < 1.29 is 0 Å². The molecular weight excluding hydrogens is 283 g/mol. The number of rotatable bonds is 3. The van der Waals surface area contributed by atoms with E-state index in [0.717, 1.165) is 5.56 Å². The maximum absolute atomic E-state index is 4.27. The van der Waals surface area contributed by atoms with Gasteiger partial charge >= 0.3 is 0 Å². The van der Waals surface area contributed by atoms with Gasteiger partial charge in [0.05, 0.1) is 0 Å². The minimum atomic E-state index is -0.571. The Labute approximate surface area is 134 Å². The molecule has 22 heavy (non-hydrogen) atoms. The molecule has 0 N–H and O–H groups in total. The Bertz CT molecular complexity index is 681. The third-order valence-corrected chi connectivity index (χ3v) is 6.83. The van der Waals surface area contributed by atoms with E-state index >= 15 is 0 Å². The fourth-order valence-corrected chi connectivity index (χ4v) is 5.45. The van der Waals surface area contributed by atoms with Crippen molar-refractivity contribution in [2.24, 2.45) is 0 Å². The molecule has 0 aliphatic heterocycles. The van der Waals surface area contributed by atoms with Gasteiger partial charge in [-0.15, -0.1) is 0 Å². The van der Waals surface area contributed by atoms with Crippen molar-refractivity contribution in [2.45, 2.75) is 13.8 Å². The molecule has 0 aliphatic carbocycles. The average molecular weight is 303 g/mol. The van der Waals surface area contributed by atoms with E-state index in [2.05, 4.69) is 93.6 Å². The molecule has 0 amide bonds. The smallest absolute Gasteiger partial charge is 0.0119 e. The van der Waals surface area contributed by atoms with Crippen LogP contribution in [0.15, 0.2) is 72.8 Å². The second kappa shape index (κ2) is 6.46. The van der Waals surface area contributed by atoms with Crippen molar-refractivity contribution in [1.82, 2.24) is 0 Å². The van der Waals surface area contributed by atoms with E-state index in [1.165, 1.54) is 27.0 Å². The summed E-state index contributed by atoms with van der Waals surface area (Å²) in [6, 6.07) is 26.0. The lowest BCUT2D eigenvalue weighted by Gasteiger charge is -2.24. The van der Waals surface area contributed by atoms with Crippen molar-refractivity contribution in [1.29, 1.82) is 0 Å². The zero-order chi connectivity index (χ0) is 15.5. The maximum atomic E-state index is 4.27. The van der Waals surface area contributed by atoms with Gasteiger partial charge in [0.25, 0.3) is 0 Å². The van der Waals surface area contributed by atoms with Crippen molar-refractivity contribution in [3.8, 4) is 0 Å². The van der Waals surface area contributed by atoms with Crippen LogP contribution in [-0.4, -0.2) is 0 Å². The Morgan fingerprint density at radius 2 is 1.00 bits per heavy atom. The molecule has 109 valence electrons. The third kappa shape index (κ3) is 2.85. The zero-order valence-electron chi connectivity index (χ0n) is 13.1. The van der Waals surface area contributed by atoms with Crippen LogP contribution in [-0.2, 0) is 0 Å². The lowest BCUT2D eigenvalue weighted by Crippen LogP contribution is -2.25. The van der Waals surface area contributed by atoms with Gasteiger partial charge in [-0.05, 0) is 61.3 Å². The minimum absolute atomic E-state index is 0.571. The van der Waals surface area contributed by atoms with Crippen molar-refractivity contribution in [2.75, 3.05) is 0 Å². The second-order valence-electron chi connectivity index (χ2n) is 5.54. The van der Waals surface area contributed by atoms with Gasteiger partial charge in [0.2, 0.25) is 0 Å². The number of aryl methyl sites for hydroxylation is 2. The van der Waals surface area contributed by atoms with E-state index in [1.54, 1.807) is 0 Å². The van der Waals surface area contributed by atoms with Crippen LogP contribution in [0.25, 0.3) is 0 Å². The van der Waals surface area contributed by atoms with Crippen molar-refractivity contribution in [3.63, 3.8) is 0 Å². The van der Waals surface area contributed by atoms with Crippen LogP contribution >= 0.6 is 7.92 Å². The van der Waals surface area contributed by atoms with E-state index in [9.17, 15) is 0 Å². The molecule has 0 aromatic heterocycles. The molecule has 0 bridgehead atoms. The molecule has 3 aromatic carbocycles. The summed E-state index contributed by atoms with van der Waals surface area (Å²) in [5.74, 6) is 0. The van der Waals surface area contributed by atoms with Crippen LogP contribution in [0.4, 0.5) is 0 Å². The Balaban J connectivity index is 2.27. The SMILES string of the molecule is [CH2]c1ccccc1P(c1ccccc1C)c1ccccc1C. The predicted molar refractivity (Wildman–Crippen MR) is 99.1 cm³/mol. The van der Waals surface area contributed by atoms with Crippen LogP contribution < -0.4 is 15.9 Å². The molecule has 0 unspecified atom stereocenters. The Kier molecular flexibility index (Phi) is 4.41. The average Bonchev–Trinajstić information content (AvgIpc) is 2.53. The van der Waals surface area contributed by atoms with Crippen LogP contribution in [0.2, 0.25) is 0 Å².